The first-order valence-corrected chi connectivity index (χ1v) is 18.9. The first kappa shape index (κ1) is 31.3. The molecule has 0 unspecified atom stereocenters. The van der Waals surface area contributed by atoms with Crippen LogP contribution in [-0.2, 0) is 0 Å². The zero-order valence-corrected chi connectivity index (χ0v) is 30.0. The van der Waals surface area contributed by atoms with Crippen molar-refractivity contribution in [3.63, 3.8) is 0 Å². The van der Waals surface area contributed by atoms with E-state index < -0.39 is 0 Å². The van der Waals surface area contributed by atoms with Crippen molar-refractivity contribution in [3.05, 3.63) is 206 Å². The Morgan fingerprint density at radius 1 is 0.327 bits per heavy atom. The standard InChI is InChI=1S/C53H34N2/c1-3-17-39-36(15-1)33-49(43-21-6-5-19-41(39)43)53-47-25-11-9-23-45(47)52(46-24-10-12-26-48(46)53)35-28-30-38(31-29-35)55(51-27-13-14-32-54-51)50-34-37-16-2-4-18-40(37)42-20-7-8-22-44(42)50/h1-34H. The van der Waals surface area contributed by atoms with Crippen LogP contribution in [0.2, 0.25) is 0 Å². The minimum absolute atomic E-state index is 0.874. The summed E-state index contributed by atoms with van der Waals surface area (Å²) in [5.74, 6) is 0.874. The van der Waals surface area contributed by atoms with E-state index in [4.69, 9.17) is 4.98 Å². The van der Waals surface area contributed by atoms with E-state index in [0.717, 1.165) is 17.2 Å². The highest BCUT2D eigenvalue weighted by atomic mass is 15.2. The molecule has 0 saturated carbocycles. The summed E-state index contributed by atoms with van der Waals surface area (Å²) in [7, 11) is 0. The third-order valence-corrected chi connectivity index (χ3v) is 11.2. The Morgan fingerprint density at radius 2 is 0.782 bits per heavy atom. The molecule has 0 spiro atoms. The third-order valence-electron chi connectivity index (χ3n) is 11.2. The topological polar surface area (TPSA) is 16.1 Å². The van der Waals surface area contributed by atoms with Crippen molar-refractivity contribution in [2.45, 2.75) is 0 Å². The molecule has 0 fully saturated rings. The van der Waals surface area contributed by atoms with Crippen LogP contribution in [-0.4, -0.2) is 4.98 Å². The first-order valence-electron chi connectivity index (χ1n) is 18.9. The van der Waals surface area contributed by atoms with E-state index in [1.54, 1.807) is 0 Å². The van der Waals surface area contributed by atoms with Gasteiger partial charge >= 0.3 is 0 Å². The molecule has 0 amide bonds. The van der Waals surface area contributed by atoms with Crippen LogP contribution in [0.1, 0.15) is 0 Å². The summed E-state index contributed by atoms with van der Waals surface area (Å²) in [6.45, 7) is 0. The van der Waals surface area contributed by atoms with Crippen molar-refractivity contribution >= 4 is 81.8 Å². The third kappa shape index (κ3) is 5.00. The maximum atomic E-state index is 4.89. The molecule has 256 valence electrons. The number of hydrogen-bond acceptors (Lipinski definition) is 2. The predicted molar refractivity (Wildman–Crippen MR) is 235 cm³/mol. The second-order valence-electron chi connectivity index (χ2n) is 14.3. The van der Waals surface area contributed by atoms with Gasteiger partial charge in [0, 0.05) is 17.3 Å². The molecule has 0 radical (unpaired) electrons. The second-order valence-corrected chi connectivity index (χ2v) is 14.3. The highest BCUT2D eigenvalue weighted by Crippen LogP contribution is 2.47. The number of benzene rings is 10. The summed E-state index contributed by atoms with van der Waals surface area (Å²) in [6, 6.07) is 72.7. The van der Waals surface area contributed by atoms with Crippen molar-refractivity contribution in [2.75, 3.05) is 4.90 Å². The van der Waals surface area contributed by atoms with Crippen LogP contribution in [0.3, 0.4) is 0 Å². The van der Waals surface area contributed by atoms with Gasteiger partial charge in [-0.1, -0.05) is 164 Å². The van der Waals surface area contributed by atoms with Crippen molar-refractivity contribution in [1.29, 1.82) is 0 Å². The number of rotatable bonds is 5. The van der Waals surface area contributed by atoms with Gasteiger partial charge in [0.1, 0.15) is 5.82 Å². The maximum Gasteiger partial charge on any atom is 0.137 e. The fourth-order valence-electron chi connectivity index (χ4n) is 8.87. The van der Waals surface area contributed by atoms with Gasteiger partial charge in [-0.2, -0.15) is 0 Å². The van der Waals surface area contributed by atoms with Crippen LogP contribution in [0.15, 0.2) is 206 Å². The Bertz CT molecular complexity index is 3200. The van der Waals surface area contributed by atoms with Crippen LogP contribution >= 0.6 is 0 Å². The Balaban J connectivity index is 1.14. The molecule has 0 atom stereocenters. The number of aromatic nitrogens is 1. The fraction of sp³-hybridized carbons (Fsp3) is 0. The maximum absolute atomic E-state index is 4.89. The zero-order chi connectivity index (χ0) is 36.3. The number of hydrogen-bond donors (Lipinski definition) is 0. The highest BCUT2D eigenvalue weighted by molar-refractivity contribution is 6.26. The lowest BCUT2D eigenvalue weighted by Gasteiger charge is -2.27. The molecule has 0 bridgehead atoms. The van der Waals surface area contributed by atoms with Gasteiger partial charge in [0.05, 0.1) is 5.69 Å². The molecular weight excluding hydrogens is 665 g/mol. The SMILES string of the molecule is c1ccc(N(c2ccc(-c3c4ccccc4c(-c4cc5ccccc5c5ccccc45)c4ccccc34)cc2)c2cc3ccccc3c3ccccc23)nc1. The Kier molecular flexibility index (Phi) is 7.21. The summed E-state index contributed by atoms with van der Waals surface area (Å²) < 4.78 is 0. The van der Waals surface area contributed by atoms with Gasteiger partial charge in [-0.3, -0.25) is 4.90 Å². The monoisotopic (exact) mass is 698 g/mol. The number of anilines is 3. The Morgan fingerprint density at radius 3 is 1.36 bits per heavy atom. The summed E-state index contributed by atoms with van der Waals surface area (Å²) in [5, 5.41) is 14.9. The van der Waals surface area contributed by atoms with Crippen LogP contribution in [0.25, 0.3) is 86.9 Å². The molecule has 2 nitrogen and oxygen atoms in total. The average molecular weight is 699 g/mol. The molecule has 0 aliphatic carbocycles. The highest BCUT2D eigenvalue weighted by Gasteiger charge is 2.21. The van der Waals surface area contributed by atoms with Crippen molar-refractivity contribution in [1.82, 2.24) is 4.98 Å². The van der Waals surface area contributed by atoms with E-state index in [1.165, 1.54) is 86.9 Å². The molecule has 10 aromatic carbocycles. The van der Waals surface area contributed by atoms with Crippen LogP contribution in [0.4, 0.5) is 17.2 Å². The predicted octanol–water partition coefficient (Wildman–Crippen LogP) is 14.8. The summed E-state index contributed by atoms with van der Waals surface area (Å²) >= 11 is 0. The molecule has 2 heteroatoms. The largest absolute Gasteiger partial charge is 0.294 e. The van der Waals surface area contributed by atoms with E-state index in [9.17, 15) is 0 Å². The van der Waals surface area contributed by atoms with Crippen molar-refractivity contribution in [2.24, 2.45) is 0 Å². The van der Waals surface area contributed by atoms with Crippen molar-refractivity contribution in [3.8, 4) is 22.3 Å². The first-order chi connectivity index (χ1) is 27.3. The van der Waals surface area contributed by atoms with Gasteiger partial charge in [0.2, 0.25) is 0 Å². The summed E-state index contributed by atoms with van der Waals surface area (Å²) in [4.78, 5) is 7.18. The van der Waals surface area contributed by atoms with Crippen LogP contribution in [0.5, 0.6) is 0 Å². The molecule has 11 rings (SSSR count). The lowest BCUT2D eigenvalue weighted by atomic mass is 9.84. The van der Waals surface area contributed by atoms with E-state index in [0.29, 0.717) is 0 Å². The molecular formula is C53H34N2. The molecule has 55 heavy (non-hydrogen) atoms. The van der Waals surface area contributed by atoms with E-state index in [1.807, 2.05) is 12.3 Å². The van der Waals surface area contributed by atoms with E-state index >= 15 is 0 Å². The molecule has 0 N–H and O–H groups in total. The second kappa shape index (κ2) is 12.7. The van der Waals surface area contributed by atoms with Gasteiger partial charge in [-0.25, -0.2) is 4.98 Å². The zero-order valence-electron chi connectivity index (χ0n) is 30.0. The van der Waals surface area contributed by atoms with Crippen LogP contribution in [0, 0.1) is 0 Å². The summed E-state index contributed by atoms with van der Waals surface area (Å²) in [6.07, 6.45) is 1.87. The minimum atomic E-state index is 0.874. The van der Waals surface area contributed by atoms with Gasteiger partial charge in [-0.15, -0.1) is 0 Å². The number of fused-ring (bicyclic) bond motifs is 8. The molecule has 11 aromatic rings. The minimum Gasteiger partial charge on any atom is -0.294 e. The molecule has 1 heterocycles. The van der Waals surface area contributed by atoms with E-state index in [2.05, 4.69) is 199 Å². The van der Waals surface area contributed by atoms with Gasteiger partial charge in [0.15, 0.2) is 0 Å². The van der Waals surface area contributed by atoms with E-state index in [-0.39, 0.29) is 0 Å². The molecule has 0 aliphatic heterocycles. The fourth-order valence-corrected chi connectivity index (χ4v) is 8.87. The van der Waals surface area contributed by atoms with Gasteiger partial charge in [-0.05, 0) is 118 Å². The average Bonchev–Trinajstić information content (AvgIpc) is 3.26. The Labute approximate surface area is 319 Å². The number of nitrogens with zero attached hydrogens (tertiary/aromatic N) is 2. The normalized spacial score (nSPS) is 11.6. The molecule has 0 aliphatic rings. The smallest absolute Gasteiger partial charge is 0.137 e. The number of pyridine rings is 1. The quantitative estimate of drug-likeness (QED) is 0.131. The summed E-state index contributed by atoms with van der Waals surface area (Å²) in [5.41, 5.74) is 7.11. The lowest BCUT2D eigenvalue weighted by molar-refractivity contribution is 1.19. The van der Waals surface area contributed by atoms with Gasteiger partial charge in [0.25, 0.3) is 0 Å². The van der Waals surface area contributed by atoms with Crippen LogP contribution < -0.4 is 4.90 Å². The lowest BCUT2D eigenvalue weighted by Crippen LogP contribution is -2.12. The molecule has 0 saturated heterocycles. The molecule has 1 aromatic heterocycles. The Hall–Kier alpha value is -7.29. The van der Waals surface area contributed by atoms with Gasteiger partial charge < -0.3 is 0 Å². The van der Waals surface area contributed by atoms with Crippen molar-refractivity contribution < 1.29 is 0 Å².